The van der Waals surface area contributed by atoms with Crippen molar-refractivity contribution < 1.29 is 5.11 Å². The number of aliphatic hydroxyl groups excluding tert-OH is 1. The third-order valence-electron chi connectivity index (χ3n) is 3.31. The number of hydrogen-bond donors (Lipinski definition) is 2. The van der Waals surface area contributed by atoms with Gasteiger partial charge < -0.3 is 10.4 Å². The fourth-order valence-electron chi connectivity index (χ4n) is 2.05. The average Bonchev–Trinajstić information content (AvgIpc) is 2.87. The Labute approximate surface area is 141 Å². The molecular weight excluding hydrogens is 321 g/mol. The van der Waals surface area contributed by atoms with Crippen LogP contribution in [0.15, 0.2) is 30.6 Å². The number of rotatable bonds is 5. The lowest BCUT2D eigenvalue weighted by Gasteiger charge is -2.18. The number of hydrogen-bond acceptors (Lipinski definition) is 3. The molecule has 4 nitrogen and oxygen atoms in total. The second-order valence-corrected chi connectivity index (χ2v) is 7.12. The number of benzene rings is 1. The molecule has 1 aromatic heterocycles. The van der Waals surface area contributed by atoms with Crippen LogP contribution in [0.1, 0.15) is 38.0 Å². The Balaban J connectivity index is 1.89. The molecule has 0 amide bonds. The van der Waals surface area contributed by atoms with Gasteiger partial charge in [0.25, 0.3) is 0 Å². The summed E-state index contributed by atoms with van der Waals surface area (Å²) in [6, 6.07) is 5.10. The van der Waals surface area contributed by atoms with Gasteiger partial charge in [-0.2, -0.15) is 5.10 Å². The first kappa shape index (κ1) is 17.3. The Bertz CT molecular complexity index is 635. The van der Waals surface area contributed by atoms with Gasteiger partial charge in [-0.25, -0.2) is 0 Å². The first-order valence-electron chi connectivity index (χ1n) is 7.15. The summed E-state index contributed by atoms with van der Waals surface area (Å²) in [5.41, 5.74) is 1.71. The van der Waals surface area contributed by atoms with Gasteiger partial charge in [0.1, 0.15) is 0 Å². The minimum atomic E-state index is -0.678. The maximum absolute atomic E-state index is 10.2. The molecule has 0 saturated heterocycles. The van der Waals surface area contributed by atoms with Crippen LogP contribution in [0.2, 0.25) is 10.0 Å². The Kier molecular flexibility index (Phi) is 5.50. The van der Waals surface area contributed by atoms with Gasteiger partial charge in [0.15, 0.2) is 0 Å². The van der Waals surface area contributed by atoms with Gasteiger partial charge in [-0.15, -0.1) is 0 Å². The predicted octanol–water partition coefficient (Wildman–Crippen LogP) is 3.77. The highest BCUT2D eigenvalue weighted by molar-refractivity contribution is 6.35. The van der Waals surface area contributed by atoms with E-state index < -0.39 is 6.10 Å². The van der Waals surface area contributed by atoms with Crippen molar-refractivity contribution in [1.82, 2.24) is 15.1 Å². The highest BCUT2D eigenvalue weighted by Gasteiger charge is 2.14. The average molecular weight is 342 g/mol. The van der Waals surface area contributed by atoms with Crippen LogP contribution in [0.25, 0.3) is 0 Å². The van der Waals surface area contributed by atoms with E-state index in [4.69, 9.17) is 23.2 Å². The molecule has 0 aliphatic rings. The molecule has 0 aliphatic carbocycles. The Morgan fingerprint density at radius 2 is 2.05 bits per heavy atom. The zero-order chi connectivity index (χ0) is 16.3. The number of aromatic nitrogens is 2. The summed E-state index contributed by atoms with van der Waals surface area (Å²) in [5, 5.41) is 18.8. The summed E-state index contributed by atoms with van der Waals surface area (Å²) in [5.74, 6) is 0. The van der Waals surface area contributed by atoms with E-state index >= 15 is 0 Å². The van der Waals surface area contributed by atoms with E-state index in [1.54, 1.807) is 18.2 Å². The molecule has 1 atom stereocenters. The fourth-order valence-corrected chi connectivity index (χ4v) is 2.59. The van der Waals surface area contributed by atoms with Gasteiger partial charge >= 0.3 is 0 Å². The topological polar surface area (TPSA) is 50.1 Å². The molecule has 0 saturated carbocycles. The molecule has 0 bridgehead atoms. The second-order valence-electron chi connectivity index (χ2n) is 6.28. The van der Waals surface area contributed by atoms with Gasteiger partial charge in [0.2, 0.25) is 0 Å². The number of aliphatic hydroxyl groups is 1. The van der Waals surface area contributed by atoms with Gasteiger partial charge in [-0.3, -0.25) is 4.68 Å². The first-order chi connectivity index (χ1) is 10.3. The molecule has 0 spiro atoms. The van der Waals surface area contributed by atoms with Crippen molar-refractivity contribution >= 4 is 23.2 Å². The van der Waals surface area contributed by atoms with Crippen LogP contribution in [0.4, 0.5) is 0 Å². The number of nitrogens with one attached hydrogen (secondary N) is 1. The molecular formula is C16H21Cl2N3O. The SMILES string of the molecule is CC(C)(C)n1cc(CNCC(O)c2ccc(Cl)cc2Cl)cn1. The molecule has 0 aliphatic heterocycles. The quantitative estimate of drug-likeness (QED) is 0.870. The molecule has 22 heavy (non-hydrogen) atoms. The zero-order valence-electron chi connectivity index (χ0n) is 13.0. The summed E-state index contributed by atoms with van der Waals surface area (Å²) in [6.45, 7) is 7.34. The van der Waals surface area contributed by atoms with Crippen LogP contribution in [0.5, 0.6) is 0 Å². The van der Waals surface area contributed by atoms with Crippen LogP contribution < -0.4 is 5.32 Å². The van der Waals surface area contributed by atoms with Crippen molar-refractivity contribution in [3.63, 3.8) is 0 Å². The van der Waals surface area contributed by atoms with Crippen molar-refractivity contribution in [2.24, 2.45) is 0 Å². The Morgan fingerprint density at radius 1 is 1.32 bits per heavy atom. The lowest BCUT2D eigenvalue weighted by atomic mass is 10.1. The van der Waals surface area contributed by atoms with Crippen molar-refractivity contribution in [3.05, 3.63) is 51.8 Å². The van der Waals surface area contributed by atoms with Crippen LogP contribution in [-0.4, -0.2) is 21.4 Å². The van der Waals surface area contributed by atoms with E-state index in [9.17, 15) is 5.11 Å². The minimum Gasteiger partial charge on any atom is -0.387 e. The van der Waals surface area contributed by atoms with Crippen LogP contribution in [0, 0.1) is 0 Å². The lowest BCUT2D eigenvalue weighted by molar-refractivity contribution is 0.174. The monoisotopic (exact) mass is 341 g/mol. The number of nitrogens with zero attached hydrogens (tertiary/aromatic N) is 2. The Hall–Kier alpha value is -1.07. The summed E-state index contributed by atoms with van der Waals surface area (Å²) in [6.07, 6.45) is 3.16. The van der Waals surface area contributed by atoms with E-state index in [-0.39, 0.29) is 5.54 Å². The second kappa shape index (κ2) is 7.01. The van der Waals surface area contributed by atoms with E-state index in [0.717, 1.165) is 5.56 Å². The molecule has 2 N–H and O–H groups in total. The van der Waals surface area contributed by atoms with E-state index in [1.165, 1.54) is 0 Å². The van der Waals surface area contributed by atoms with Crippen LogP contribution in [-0.2, 0) is 12.1 Å². The molecule has 0 fully saturated rings. The summed E-state index contributed by atoms with van der Waals surface area (Å²) in [4.78, 5) is 0. The van der Waals surface area contributed by atoms with Crippen LogP contribution in [0.3, 0.4) is 0 Å². The summed E-state index contributed by atoms with van der Waals surface area (Å²) >= 11 is 11.9. The highest BCUT2D eigenvalue weighted by atomic mass is 35.5. The summed E-state index contributed by atoms with van der Waals surface area (Å²) < 4.78 is 1.93. The normalized spacial score (nSPS) is 13.4. The molecule has 1 unspecified atom stereocenters. The van der Waals surface area contributed by atoms with Crippen molar-refractivity contribution in [2.75, 3.05) is 6.54 Å². The summed E-state index contributed by atoms with van der Waals surface area (Å²) in [7, 11) is 0. The van der Waals surface area contributed by atoms with Crippen molar-refractivity contribution in [1.29, 1.82) is 0 Å². The third kappa shape index (κ3) is 4.46. The smallest absolute Gasteiger partial charge is 0.0928 e. The molecule has 0 radical (unpaired) electrons. The van der Waals surface area contributed by atoms with E-state index in [2.05, 4.69) is 31.2 Å². The minimum absolute atomic E-state index is 0.0331. The maximum atomic E-state index is 10.2. The predicted molar refractivity (Wildman–Crippen MR) is 90.4 cm³/mol. The van der Waals surface area contributed by atoms with Gasteiger partial charge in [0, 0.05) is 40.5 Å². The zero-order valence-corrected chi connectivity index (χ0v) is 14.5. The van der Waals surface area contributed by atoms with E-state index in [0.29, 0.717) is 28.7 Å². The van der Waals surface area contributed by atoms with Crippen molar-refractivity contribution in [2.45, 2.75) is 39.0 Å². The van der Waals surface area contributed by atoms with Gasteiger partial charge in [-0.05, 0) is 32.9 Å². The molecule has 2 aromatic rings. The lowest BCUT2D eigenvalue weighted by Crippen LogP contribution is -2.22. The van der Waals surface area contributed by atoms with Crippen LogP contribution >= 0.6 is 23.2 Å². The van der Waals surface area contributed by atoms with E-state index in [1.807, 2.05) is 17.1 Å². The molecule has 120 valence electrons. The van der Waals surface area contributed by atoms with Crippen molar-refractivity contribution in [3.8, 4) is 0 Å². The molecule has 1 heterocycles. The maximum Gasteiger partial charge on any atom is 0.0928 e. The standard InChI is InChI=1S/C16H21Cl2N3O/c1-16(2,3)21-10-11(8-20-21)7-19-9-15(22)13-5-4-12(17)6-14(13)18/h4-6,8,10,15,19,22H,7,9H2,1-3H3. The molecule has 6 heteroatoms. The van der Waals surface area contributed by atoms with Gasteiger partial charge in [-0.1, -0.05) is 29.3 Å². The van der Waals surface area contributed by atoms with Gasteiger partial charge in [0.05, 0.1) is 17.8 Å². The molecule has 2 rings (SSSR count). The largest absolute Gasteiger partial charge is 0.387 e. The number of halogens is 2. The molecule has 1 aromatic carbocycles. The Morgan fingerprint density at radius 3 is 2.64 bits per heavy atom. The third-order valence-corrected chi connectivity index (χ3v) is 3.87. The fraction of sp³-hybridized carbons (Fsp3) is 0.438. The highest BCUT2D eigenvalue weighted by Crippen LogP contribution is 2.26. The first-order valence-corrected chi connectivity index (χ1v) is 7.91.